The highest BCUT2D eigenvalue weighted by Crippen LogP contribution is 2.38. The highest BCUT2D eigenvalue weighted by molar-refractivity contribution is 9.10. The molecule has 0 radical (unpaired) electrons. The maximum atomic E-state index is 13.5. The van der Waals surface area contributed by atoms with Gasteiger partial charge in [0.2, 0.25) is 11.8 Å². The first kappa shape index (κ1) is 27.1. The Labute approximate surface area is 234 Å². The van der Waals surface area contributed by atoms with Crippen LogP contribution in [0.2, 0.25) is 0 Å². The predicted octanol–water partition coefficient (Wildman–Crippen LogP) is 8.42. The molecule has 0 saturated heterocycles. The normalized spacial score (nSPS) is 12.1. The van der Waals surface area contributed by atoms with Gasteiger partial charge in [-0.15, -0.1) is 23.1 Å². The van der Waals surface area contributed by atoms with E-state index in [1.54, 1.807) is 0 Å². The molecule has 0 spiro atoms. The van der Waals surface area contributed by atoms with Crippen LogP contribution in [-0.2, 0) is 9.59 Å². The van der Waals surface area contributed by atoms with E-state index in [-0.39, 0.29) is 17.2 Å². The van der Waals surface area contributed by atoms with Gasteiger partial charge in [-0.05, 0) is 41.3 Å². The summed E-state index contributed by atoms with van der Waals surface area (Å²) in [5.41, 5.74) is 3.30. The Morgan fingerprint density at radius 2 is 1.70 bits per heavy atom. The number of halogens is 1. The second-order valence-corrected chi connectivity index (χ2v) is 12.7. The number of hydrogen-bond donors (Lipinski definition) is 2. The molecular formula is C29H28BrN3O2S2. The van der Waals surface area contributed by atoms with Crippen molar-refractivity contribution >= 4 is 61.7 Å². The van der Waals surface area contributed by atoms with Gasteiger partial charge >= 0.3 is 0 Å². The van der Waals surface area contributed by atoms with Crippen LogP contribution < -0.4 is 10.6 Å². The molecule has 0 aliphatic rings. The molecule has 0 saturated carbocycles. The van der Waals surface area contributed by atoms with Crippen molar-refractivity contribution in [2.75, 3.05) is 10.6 Å². The second kappa shape index (κ2) is 12.1. The maximum Gasteiger partial charge on any atom is 0.244 e. The summed E-state index contributed by atoms with van der Waals surface area (Å²) in [5, 5.41) is 7.97. The molecular weight excluding hydrogens is 566 g/mol. The zero-order chi connectivity index (χ0) is 26.4. The lowest BCUT2D eigenvalue weighted by molar-refractivity contribution is -0.118. The summed E-state index contributed by atoms with van der Waals surface area (Å²) in [4.78, 5) is 31.4. The van der Waals surface area contributed by atoms with E-state index in [0.29, 0.717) is 17.2 Å². The Hall–Kier alpha value is -2.94. The van der Waals surface area contributed by atoms with E-state index in [4.69, 9.17) is 0 Å². The lowest BCUT2D eigenvalue weighted by atomic mass is 9.92. The van der Waals surface area contributed by atoms with Crippen molar-refractivity contribution in [2.45, 2.75) is 37.3 Å². The minimum absolute atomic E-state index is 0.0302. The average Bonchev–Trinajstić information content (AvgIpc) is 3.31. The summed E-state index contributed by atoms with van der Waals surface area (Å²) >= 11 is 6.29. The number of nitrogens with one attached hydrogen (secondary N) is 2. The number of thiazole rings is 1. The largest absolute Gasteiger partial charge is 0.326 e. The number of rotatable bonds is 8. The molecule has 1 unspecified atom stereocenters. The van der Waals surface area contributed by atoms with E-state index in [0.717, 1.165) is 26.2 Å². The van der Waals surface area contributed by atoms with Crippen LogP contribution in [0.25, 0.3) is 11.3 Å². The first-order valence-electron chi connectivity index (χ1n) is 11.8. The van der Waals surface area contributed by atoms with Gasteiger partial charge in [0.05, 0.1) is 5.69 Å². The number of amides is 2. The third kappa shape index (κ3) is 8.02. The van der Waals surface area contributed by atoms with Crippen LogP contribution in [0, 0.1) is 5.41 Å². The Bertz CT molecular complexity index is 1370. The predicted molar refractivity (Wildman–Crippen MR) is 158 cm³/mol. The molecule has 0 fully saturated rings. The number of thioether (sulfide) groups is 1. The van der Waals surface area contributed by atoms with Gasteiger partial charge in [-0.1, -0.05) is 85.2 Å². The minimum Gasteiger partial charge on any atom is -0.326 e. The third-order valence-electron chi connectivity index (χ3n) is 5.28. The van der Waals surface area contributed by atoms with Crippen LogP contribution in [0.3, 0.4) is 0 Å². The highest BCUT2D eigenvalue weighted by atomic mass is 79.9. The zero-order valence-electron chi connectivity index (χ0n) is 20.8. The van der Waals surface area contributed by atoms with Crippen molar-refractivity contribution < 1.29 is 9.59 Å². The number of carbonyl (C=O) groups is 2. The van der Waals surface area contributed by atoms with E-state index < -0.39 is 5.25 Å². The fourth-order valence-corrected chi connectivity index (χ4v) is 5.70. The van der Waals surface area contributed by atoms with Gasteiger partial charge in [0.15, 0.2) is 5.13 Å². The van der Waals surface area contributed by atoms with Gasteiger partial charge in [0, 0.05) is 32.4 Å². The highest BCUT2D eigenvalue weighted by Gasteiger charge is 2.24. The van der Waals surface area contributed by atoms with Crippen molar-refractivity contribution in [3.05, 3.63) is 94.3 Å². The van der Waals surface area contributed by atoms with Gasteiger partial charge in [-0.25, -0.2) is 4.98 Å². The molecule has 2 amide bonds. The average molecular weight is 595 g/mol. The van der Waals surface area contributed by atoms with Crippen molar-refractivity contribution in [3.63, 3.8) is 0 Å². The summed E-state index contributed by atoms with van der Waals surface area (Å²) in [6.45, 7) is 6.10. The molecule has 0 aliphatic carbocycles. The number of anilines is 2. The summed E-state index contributed by atoms with van der Waals surface area (Å²) in [5.74, 6) is -0.188. The van der Waals surface area contributed by atoms with Crippen LogP contribution in [0.4, 0.5) is 10.8 Å². The molecule has 1 atom stereocenters. The molecule has 37 heavy (non-hydrogen) atoms. The van der Waals surface area contributed by atoms with Gasteiger partial charge in [-0.3, -0.25) is 9.59 Å². The number of aromatic nitrogens is 1. The van der Waals surface area contributed by atoms with Crippen LogP contribution >= 0.6 is 39.0 Å². The zero-order valence-corrected chi connectivity index (χ0v) is 24.0. The SMILES string of the molecule is CC(C)(C)CC(=O)Nc1cccc(SC(C(=O)Nc2nc(-c3ccc(Br)cc3)cs2)c2ccccc2)c1. The van der Waals surface area contributed by atoms with Crippen molar-refractivity contribution in [1.29, 1.82) is 0 Å². The summed E-state index contributed by atoms with van der Waals surface area (Å²) in [6, 6.07) is 25.2. The molecule has 0 aliphatic heterocycles. The third-order valence-corrected chi connectivity index (χ3v) is 7.81. The van der Waals surface area contributed by atoms with Gasteiger partial charge in [0.1, 0.15) is 5.25 Å². The first-order chi connectivity index (χ1) is 17.7. The van der Waals surface area contributed by atoms with E-state index >= 15 is 0 Å². The van der Waals surface area contributed by atoms with Crippen molar-refractivity contribution in [1.82, 2.24) is 4.98 Å². The van der Waals surface area contributed by atoms with E-state index in [1.165, 1.54) is 23.1 Å². The molecule has 3 aromatic carbocycles. The molecule has 2 N–H and O–H groups in total. The Morgan fingerprint density at radius 1 is 0.973 bits per heavy atom. The molecule has 190 valence electrons. The summed E-state index contributed by atoms with van der Waals surface area (Å²) in [6.07, 6.45) is 0.426. The molecule has 1 heterocycles. The lowest BCUT2D eigenvalue weighted by Crippen LogP contribution is -2.20. The topological polar surface area (TPSA) is 71.1 Å². The van der Waals surface area contributed by atoms with Crippen LogP contribution in [-0.4, -0.2) is 16.8 Å². The Balaban J connectivity index is 1.51. The summed E-state index contributed by atoms with van der Waals surface area (Å²) in [7, 11) is 0. The van der Waals surface area contributed by atoms with Crippen LogP contribution in [0.1, 0.15) is 38.0 Å². The molecule has 8 heteroatoms. The van der Waals surface area contributed by atoms with E-state index in [1.807, 2.05) is 105 Å². The standard InChI is InChI=1S/C29H28BrN3O2S2/c1-29(2,3)17-25(34)31-22-10-7-11-23(16-22)37-26(20-8-5-4-6-9-20)27(35)33-28-32-24(18-36-28)19-12-14-21(30)15-13-19/h4-16,18,26H,17H2,1-3H3,(H,31,34)(H,32,33,35). The monoisotopic (exact) mass is 593 g/mol. The maximum absolute atomic E-state index is 13.5. The van der Waals surface area contributed by atoms with E-state index in [2.05, 4.69) is 31.5 Å². The van der Waals surface area contributed by atoms with Gasteiger partial charge in [-0.2, -0.15) is 0 Å². The smallest absolute Gasteiger partial charge is 0.244 e. The van der Waals surface area contributed by atoms with Crippen LogP contribution in [0.15, 0.2) is 93.6 Å². The second-order valence-electron chi connectivity index (χ2n) is 9.76. The number of nitrogens with zero attached hydrogens (tertiary/aromatic N) is 1. The van der Waals surface area contributed by atoms with Gasteiger partial charge < -0.3 is 10.6 Å². The number of carbonyl (C=O) groups excluding carboxylic acids is 2. The quantitative estimate of drug-likeness (QED) is 0.201. The molecule has 4 rings (SSSR count). The fraction of sp³-hybridized carbons (Fsp3) is 0.207. The molecule has 1 aromatic heterocycles. The number of benzene rings is 3. The minimum atomic E-state index is -0.498. The van der Waals surface area contributed by atoms with Crippen molar-refractivity contribution in [3.8, 4) is 11.3 Å². The van der Waals surface area contributed by atoms with Gasteiger partial charge in [0.25, 0.3) is 0 Å². The molecule has 4 aromatic rings. The van der Waals surface area contributed by atoms with Crippen molar-refractivity contribution in [2.24, 2.45) is 5.41 Å². The number of hydrogen-bond acceptors (Lipinski definition) is 5. The van der Waals surface area contributed by atoms with E-state index in [9.17, 15) is 9.59 Å². The summed E-state index contributed by atoms with van der Waals surface area (Å²) < 4.78 is 1.00. The lowest BCUT2D eigenvalue weighted by Gasteiger charge is -2.18. The van der Waals surface area contributed by atoms with Crippen LogP contribution in [0.5, 0.6) is 0 Å². The molecule has 5 nitrogen and oxygen atoms in total. The fourth-order valence-electron chi connectivity index (χ4n) is 3.63. The molecule has 0 bridgehead atoms. The Kier molecular flexibility index (Phi) is 8.84. The Morgan fingerprint density at radius 3 is 2.41 bits per heavy atom. The first-order valence-corrected chi connectivity index (χ1v) is 14.4.